The number of carbonyl (C=O) groups is 1. The number of rotatable bonds is 0. The second-order valence-electron chi connectivity index (χ2n) is 2.64. The average molecular weight is 238 g/mol. The highest BCUT2D eigenvalue weighted by Crippen LogP contribution is 2.35. The van der Waals surface area contributed by atoms with Gasteiger partial charge in [0.15, 0.2) is 5.01 Å². The Morgan fingerprint density at radius 3 is 3.00 bits per heavy atom. The Labute approximate surface area is 83.1 Å². The van der Waals surface area contributed by atoms with E-state index in [2.05, 4.69) is 15.9 Å². The number of ether oxygens (including phenoxy) is 1. The molecule has 1 atom stereocenters. The van der Waals surface area contributed by atoms with Crippen molar-refractivity contribution in [2.75, 3.05) is 0 Å². The summed E-state index contributed by atoms with van der Waals surface area (Å²) in [5.41, 5.74) is 1.78. The van der Waals surface area contributed by atoms with Crippen LogP contribution in [0.1, 0.15) is 26.5 Å². The lowest BCUT2D eigenvalue weighted by molar-refractivity contribution is 0.0530. The Morgan fingerprint density at radius 1 is 1.54 bits per heavy atom. The molecule has 0 saturated carbocycles. The molecule has 1 unspecified atom stereocenters. The molecule has 0 saturated heterocycles. The molecule has 0 spiro atoms. The fourth-order valence-electron chi connectivity index (χ4n) is 1.23. The predicted molar refractivity (Wildman–Crippen MR) is 48.2 cm³/mol. The van der Waals surface area contributed by atoms with Crippen molar-refractivity contribution < 1.29 is 9.53 Å². The number of nitrogens with zero attached hydrogens (tertiary/aromatic N) is 1. The van der Waals surface area contributed by atoms with Crippen molar-refractivity contribution in [3.05, 3.63) is 34.9 Å². The quantitative estimate of drug-likeness (QED) is 0.513. The summed E-state index contributed by atoms with van der Waals surface area (Å²) in [6.07, 6.45) is 0. The first kappa shape index (κ1) is 8.27. The molecule has 0 N–H and O–H groups in total. The zero-order chi connectivity index (χ0) is 9.42. The molecule has 0 aliphatic carbocycles. The molecule has 13 heavy (non-hydrogen) atoms. The Balaban J connectivity index is 2.60. The third kappa shape index (κ3) is 1.21. The van der Waals surface area contributed by atoms with Gasteiger partial charge in [-0.05, 0) is 34.1 Å². The fourth-order valence-corrected chi connectivity index (χ4v) is 1.78. The lowest BCUT2D eigenvalue weighted by Crippen LogP contribution is -1.93. The van der Waals surface area contributed by atoms with Crippen molar-refractivity contribution in [2.24, 2.45) is 0 Å². The van der Waals surface area contributed by atoms with Crippen molar-refractivity contribution in [1.29, 1.82) is 5.26 Å². The number of nitriles is 1. The van der Waals surface area contributed by atoms with E-state index in [4.69, 9.17) is 10.00 Å². The molecular formula is C9H4BrNO2. The molecule has 64 valence electrons. The van der Waals surface area contributed by atoms with Gasteiger partial charge in [0.1, 0.15) is 0 Å². The lowest BCUT2D eigenvalue weighted by Gasteiger charge is -1.99. The summed E-state index contributed by atoms with van der Waals surface area (Å²) in [4.78, 5) is 11.1. The maximum atomic E-state index is 11.1. The number of fused-ring (bicyclic) bond motifs is 1. The van der Waals surface area contributed by atoms with Crippen LogP contribution in [0, 0.1) is 11.3 Å². The van der Waals surface area contributed by atoms with Crippen molar-refractivity contribution >= 4 is 21.9 Å². The van der Waals surface area contributed by atoms with Crippen LogP contribution in [0.15, 0.2) is 18.2 Å². The zero-order valence-corrected chi connectivity index (χ0v) is 8.04. The number of cyclic esters (lactones) is 1. The summed E-state index contributed by atoms with van der Waals surface area (Å²) in [6, 6.07) is 6.87. The molecule has 1 aromatic rings. The van der Waals surface area contributed by atoms with Gasteiger partial charge in [-0.3, -0.25) is 0 Å². The summed E-state index contributed by atoms with van der Waals surface area (Å²) in [7, 11) is 0. The maximum absolute atomic E-state index is 11.1. The highest BCUT2D eigenvalue weighted by atomic mass is 79.9. The number of hydrogen-bond acceptors (Lipinski definition) is 3. The first-order chi connectivity index (χ1) is 6.22. The normalized spacial score (nSPS) is 19.1. The molecule has 1 aliphatic rings. The standard InChI is InChI=1S/C9H4BrNO2/c10-8-7-3-5(4-11)1-2-6(7)9(12)13-8/h1-3,8H. The Bertz CT molecular complexity index is 422. The van der Waals surface area contributed by atoms with Gasteiger partial charge in [-0.25, -0.2) is 4.79 Å². The van der Waals surface area contributed by atoms with E-state index in [1.165, 1.54) is 0 Å². The van der Waals surface area contributed by atoms with Crippen LogP contribution >= 0.6 is 15.9 Å². The van der Waals surface area contributed by atoms with Gasteiger partial charge in [-0.15, -0.1) is 0 Å². The first-order valence-corrected chi connectivity index (χ1v) is 4.53. The van der Waals surface area contributed by atoms with Gasteiger partial charge in [-0.2, -0.15) is 5.26 Å². The molecular weight excluding hydrogens is 234 g/mol. The van der Waals surface area contributed by atoms with E-state index in [9.17, 15) is 4.79 Å². The molecule has 4 heteroatoms. The van der Waals surface area contributed by atoms with E-state index in [1.54, 1.807) is 18.2 Å². The van der Waals surface area contributed by atoms with E-state index in [1.807, 2.05) is 6.07 Å². The Morgan fingerprint density at radius 2 is 2.31 bits per heavy atom. The molecule has 0 aromatic heterocycles. The van der Waals surface area contributed by atoms with Crippen molar-refractivity contribution in [3.63, 3.8) is 0 Å². The minimum Gasteiger partial charge on any atom is -0.442 e. The van der Waals surface area contributed by atoms with Gasteiger partial charge in [0, 0.05) is 5.56 Å². The van der Waals surface area contributed by atoms with E-state index in [-0.39, 0.29) is 5.97 Å². The molecule has 1 heterocycles. The smallest absolute Gasteiger partial charge is 0.340 e. The monoisotopic (exact) mass is 237 g/mol. The summed E-state index contributed by atoms with van der Waals surface area (Å²) >= 11 is 3.19. The first-order valence-electron chi connectivity index (χ1n) is 3.61. The molecule has 1 aliphatic heterocycles. The van der Waals surface area contributed by atoms with E-state index in [0.717, 1.165) is 5.56 Å². The SMILES string of the molecule is N#Cc1ccc2c(c1)C(Br)OC2=O. The maximum Gasteiger partial charge on any atom is 0.340 e. The predicted octanol–water partition coefficient (Wildman–Crippen LogP) is 2.12. The third-order valence-corrected chi connectivity index (χ3v) is 2.54. The average Bonchev–Trinajstić information content (AvgIpc) is 2.42. The van der Waals surface area contributed by atoms with Crippen molar-refractivity contribution in [1.82, 2.24) is 0 Å². The topological polar surface area (TPSA) is 50.1 Å². The highest BCUT2D eigenvalue weighted by molar-refractivity contribution is 9.09. The van der Waals surface area contributed by atoms with Crippen molar-refractivity contribution in [3.8, 4) is 6.07 Å². The van der Waals surface area contributed by atoms with Gasteiger partial charge in [0.05, 0.1) is 17.2 Å². The second kappa shape index (κ2) is 2.86. The van der Waals surface area contributed by atoms with Gasteiger partial charge >= 0.3 is 5.97 Å². The largest absolute Gasteiger partial charge is 0.442 e. The number of carbonyl (C=O) groups excluding carboxylic acids is 1. The summed E-state index contributed by atoms with van der Waals surface area (Å²) in [6.45, 7) is 0. The third-order valence-electron chi connectivity index (χ3n) is 1.86. The summed E-state index contributed by atoms with van der Waals surface area (Å²) in [5, 5.41) is 8.22. The van der Waals surface area contributed by atoms with E-state index < -0.39 is 5.01 Å². The molecule has 0 bridgehead atoms. The number of esters is 1. The summed E-state index contributed by atoms with van der Waals surface area (Å²) in [5.74, 6) is -0.346. The Hall–Kier alpha value is -1.34. The molecule has 0 fully saturated rings. The van der Waals surface area contributed by atoms with Gasteiger partial charge in [0.25, 0.3) is 0 Å². The van der Waals surface area contributed by atoms with Crippen molar-refractivity contribution in [2.45, 2.75) is 5.01 Å². The van der Waals surface area contributed by atoms with Crippen LogP contribution in [0.2, 0.25) is 0 Å². The van der Waals surface area contributed by atoms with E-state index >= 15 is 0 Å². The van der Waals surface area contributed by atoms with Crippen LogP contribution in [0.4, 0.5) is 0 Å². The molecule has 1 aromatic carbocycles. The van der Waals surface area contributed by atoms with Gasteiger partial charge in [0.2, 0.25) is 0 Å². The lowest BCUT2D eigenvalue weighted by atomic mass is 10.1. The number of benzene rings is 1. The fraction of sp³-hybridized carbons (Fsp3) is 0.111. The molecule has 3 nitrogen and oxygen atoms in total. The van der Waals surface area contributed by atoms with Crippen LogP contribution in [-0.2, 0) is 4.74 Å². The molecule has 2 rings (SSSR count). The van der Waals surface area contributed by atoms with Crippen LogP contribution < -0.4 is 0 Å². The molecule has 0 radical (unpaired) electrons. The number of hydrogen-bond donors (Lipinski definition) is 0. The minimum atomic E-state index is -0.414. The molecule has 0 amide bonds. The van der Waals surface area contributed by atoms with Gasteiger partial charge < -0.3 is 4.74 Å². The number of alkyl halides is 1. The summed E-state index contributed by atoms with van der Waals surface area (Å²) < 4.78 is 4.90. The minimum absolute atomic E-state index is 0.346. The second-order valence-corrected chi connectivity index (χ2v) is 3.47. The zero-order valence-electron chi connectivity index (χ0n) is 6.45. The van der Waals surface area contributed by atoms with Gasteiger partial charge in [-0.1, -0.05) is 0 Å². The van der Waals surface area contributed by atoms with Crippen LogP contribution in [-0.4, -0.2) is 5.97 Å². The number of halogens is 1. The van der Waals surface area contributed by atoms with Crippen LogP contribution in [0.5, 0.6) is 0 Å². The van der Waals surface area contributed by atoms with E-state index in [0.29, 0.717) is 11.1 Å². The van der Waals surface area contributed by atoms with Crippen LogP contribution in [0.25, 0.3) is 0 Å². The van der Waals surface area contributed by atoms with Crippen LogP contribution in [0.3, 0.4) is 0 Å². The highest BCUT2D eigenvalue weighted by Gasteiger charge is 2.28. The Kier molecular flexibility index (Phi) is 1.82.